The summed E-state index contributed by atoms with van der Waals surface area (Å²) in [5.41, 5.74) is 2.50. The minimum atomic E-state index is -0.747. The first kappa shape index (κ1) is 26.1. The monoisotopic (exact) mass is 500 g/mol. The van der Waals surface area contributed by atoms with Crippen molar-refractivity contribution in [2.75, 3.05) is 37.5 Å². The fraction of sp³-hybridized carbons (Fsp3) is 0.320. The van der Waals surface area contributed by atoms with Crippen molar-refractivity contribution >= 4 is 41.0 Å². The molecular formula is C25H29ClN4O5. The topological polar surface area (TPSA) is 109 Å². The van der Waals surface area contributed by atoms with Gasteiger partial charge in [0.05, 0.1) is 18.2 Å². The molecule has 0 bridgehead atoms. The molecule has 1 unspecified atom stereocenters. The van der Waals surface area contributed by atoms with Gasteiger partial charge in [-0.05, 0) is 49.2 Å². The summed E-state index contributed by atoms with van der Waals surface area (Å²) in [4.78, 5) is 39.8. The summed E-state index contributed by atoms with van der Waals surface area (Å²) in [6.45, 7) is 4.49. The molecule has 1 aliphatic rings. The summed E-state index contributed by atoms with van der Waals surface area (Å²) < 4.78 is 10.4. The van der Waals surface area contributed by atoms with Crippen LogP contribution >= 0.6 is 11.6 Å². The van der Waals surface area contributed by atoms with E-state index in [2.05, 4.69) is 16.0 Å². The Balaban J connectivity index is 1.85. The average molecular weight is 501 g/mol. The van der Waals surface area contributed by atoms with Gasteiger partial charge in [-0.1, -0.05) is 36.7 Å². The van der Waals surface area contributed by atoms with E-state index in [-0.39, 0.29) is 19.2 Å². The van der Waals surface area contributed by atoms with E-state index >= 15 is 0 Å². The van der Waals surface area contributed by atoms with Gasteiger partial charge in [-0.15, -0.1) is 0 Å². The lowest BCUT2D eigenvalue weighted by Gasteiger charge is -2.35. The molecule has 1 aliphatic heterocycles. The molecule has 0 saturated heterocycles. The van der Waals surface area contributed by atoms with Crippen LogP contribution in [0.2, 0.25) is 5.02 Å². The highest BCUT2D eigenvalue weighted by Gasteiger charge is 2.36. The van der Waals surface area contributed by atoms with E-state index in [0.717, 1.165) is 6.42 Å². The third-order valence-electron chi connectivity index (χ3n) is 5.34. The second kappa shape index (κ2) is 12.2. The van der Waals surface area contributed by atoms with Crippen LogP contribution in [0.1, 0.15) is 31.9 Å². The number of amides is 4. The van der Waals surface area contributed by atoms with Gasteiger partial charge in [-0.25, -0.2) is 14.4 Å². The molecule has 0 aromatic heterocycles. The number of nitrogens with one attached hydrogen (secondary N) is 3. The van der Waals surface area contributed by atoms with Crippen molar-refractivity contribution in [1.29, 1.82) is 0 Å². The molecule has 0 radical (unpaired) electrons. The summed E-state index contributed by atoms with van der Waals surface area (Å²) in [6, 6.07) is 12.2. The summed E-state index contributed by atoms with van der Waals surface area (Å²) in [6.07, 6.45) is 0.725. The summed E-state index contributed by atoms with van der Waals surface area (Å²) in [5, 5.41) is 8.88. The van der Waals surface area contributed by atoms with Gasteiger partial charge in [0.15, 0.2) is 0 Å². The first-order valence-electron chi connectivity index (χ1n) is 11.2. The normalized spacial score (nSPS) is 15.5. The minimum absolute atomic E-state index is 0.0891. The number of urea groups is 2. The lowest BCUT2D eigenvalue weighted by molar-refractivity contribution is -0.140. The van der Waals surface area contributed by atoms with Gasteiger partial charge in [0.2, 0.25) is 0 Å². The number of ether oxygens (including phenoxy) is 2. The molecule has 3 rings (SSSR count). The molecule has 2 aromatic rings. The number of carbonyl (C=O) groups is 3. The maximum Gasteiger partial charge on any atom is 0.338 e. The second-order valence-corrected chi connectivity index (χ2v) is 8.31. The quantitative estimate of drug-likeness (QED) is 0.334. The van der Waals surface area contributed by atoms with E-state index in [0.29, 0.717) is 39.8 Å². The van der Waals surface area contributed by atoms with Crippen molar-refractivity contribution in [3.8, 4) is 0 Å². The molecule has 3 N–H and O–H groups in total. The first-order chi connectivity index (χ1) is 16.8. The number of anilines is 2. The number of rotatable bonds is 9. The molecule has 186 valence electrons. The lowest BCUT2D eigenvalue weighted by Crippen LogP contribution is -2.48. The highest BCUT2D eigenvalue weighted by Crippen LogP contribution is 2.32. The summed E-state index contributed by atoms with van der Waals surface area (Å²) >= 11 is 5.97. The Morgan fingerprint density at radius 3 is 2.43 bits per heavy atom. The van der Waals surface area contributed by atoms with Crippen LogP contribution in [0.4, 0.5) is 21.0 Å². The van der Waals surface area contributed by atoms with Crippen LogP contribution in [-0.2, 0) is 14.3 Å². The van der Waals surface area contributed by atoms with Crippen LogP contribution in [0.25, 0.3) is 0 Å². The molecule has 2 aromatic carbocycles. The van der Waals surface area contributed by atoms with Crippen LogP contribution in [-0.4, -0.2) is 49.8 Å². The number of hydrogen-bond donors (Lipinski definition) is 3. The molecule has 0 saturated carbocycles. The predicted molar refractivity (Wildman–Crippen MR) is 134 cm³/mol. The Labute approximate surface area is 209 Å². The second-order valence-electron chi connectivity index (χ2n) is 7.88. The highest BCUT2D eigenvalue weighted by molar-refractivity contribution is 6.30. The molecule has 1 heterocycles. The number of hydrogen-bond acceptors (Lipinski definition) is 5. The van der Waals surface area contributed by atoms with Crippen LogP contribution in [0.15, 0.2) is 59.8 Å². The Hall–Kier alpha value is -3.56. The van der Waals surface area contributed by atoms with E-state index in [1.165, 1.54) is 12.0 Å². The maximum absolute atomic E-state index is 13.0. The van der Waals surface area contributed by atoms with Gasteiger partial charge in [-0.2, -0.15) is 0 Å². The van der Waals surface area contributed by atoms with Crippen LogP contribution < -0.4 is 16.0 Å². The molecule has 10 heteroatoms. The van der Waals surface area contributed by atoms with E-state index in [1.54, 1.807) is 55.5 Å². The van der Waals surface area contributed by atoms with E-state index in [4.69, 9.17) is 21.1 Å². The van der Waals surface area contributed by atoms with Gasteiger partial charge in [0, 0.05) is 35.7 Å². The molecule has 4 amide bonds. The first-order valence-corrected chi connectivity index (χ1v) is 11.6. The molecule has 0 fully saturated rings. The fourth-order valence-corrected chi connectivity index (χ4v) is 3.93. The van der Waals surface area contributed by atoms with Crippen molar-refractivity contribution in [3.63, 3.8) is 0 Å². The van der Waals surface area contributed by atoms with E-state index in [1.807, 2.05) is 6.92 Å². The van der Waals surface area contributed by atoms with Crippen molar-refractivity contribution in [2.45, 2.75) is 26.3 Å². The van der Waals surface area contributed by atoms with Crippen LogP contribution in [0.3, 0.4) is 0 Å². The Morgan fingerprint density at radius 2 is 1.77 bits per heavy atom. The number of nitrogens with zero attached hydrogens (tertiary/aromatic N) is 1. The molecule has 35 heavy (non-hydrogen) atoms. The zero-order valence-electron chi connectivity index (χ0n) is 19.9. The molecule has 0 spiro atoms. The fourth-order valence-electron chi connectivity index (χ4n) is 3.74. The van der Waals surface area contributed by atoms with Gasteiger partial charge in [-0.3, -0.25) is 4.90 Å². The van der Waals surface area contributed by atoms with E-state index in [9.17, 15) is 14.4 Å². The SMILES string of the molecule is CCCN1C(=O)NC(c2cccc(NC(=O)Nc3cccc(Cl)c3)c2)C(C(=O)OCCOC)=C1C. The zero-order chi connectivity index (χ0) is 25.4. The van der Waals surface area contributed by atoms with Gasteiger partial charge < -0.3 is 25.4 Å². The maximum atomic E-state index is 13.0. The number of halogens is 1. The summed E-state index contributed by atoms with van der Waals surface area (Å²) in [5.74, 6) is -0.539. The van der Waals surface area contributed by atoms with Gasteiger partial charge in [0.25, 0.3) is 0 Å². The van der Waals surface area contributed by atoms with Gasteiger partial charge in [0.1, 0.15) is 6.61 Å². The van der Waals surface area contributed by atoms with E-state index < -0.39 is 18.0 Å². The number of carbonyl (C=O) groups excluding carboxylic acids is 3. The Bertz CT molecular complexity index is 1120. The average Bonchev–Trinajstić information content (AvgIpc) is 2.81. The Morgan fingerprint density at radius 1 is 1.09 bits per heavy atom. The number of esters is 1. The molecular weight excluding hydrogens is 472 g/mol. The number of methoxy groups -OCH3 is 1. The van der Waals surface area contributed by atoms with Crippen LogP contribution in [0, 0.1) is 0 Å². The van der Waals surface area contributed by atoms with Crippen LogP contribution in [0.5, 0.6) is 0 Å². The van der Waals surface area contributed by atoms with Crippen molar-refractivity contribution in [2.24, 2.45) is 0 Å². The van der Waals surface area contributed by atoms with Crippen molar-refractivity contribution in [3.05, 3.63) is 70.4 Å². The molecule has 9 nitrogen and oxygen atoms in total. The lowest BCUT2D eigenvalue weighted by atomic mass is 9.94. The highest BCUT2D eigenvalue weighted by atomic mass is 35.5. The third-order valence-corrected chi connectivity index (χ3v) is 5.58. The predicted octanol–water partition coefficient (Wildman–Crippen LogP) is 4.92. The number of allylic oxidation sites excluding steroid dienone is 1. The zero-order valence-corrected chi connectivity index (χ0v) is 20.6. The largest absolute Gasteiger partial charge is 0.460 e. The number of benzene rings is 2. The Kier molecular flexibility index (Phi) is 9.11. The standard InChI is InChI=1S/C25H29ClN4O5/c1-4-11-30-16(2)21(23(31)35-13-12-34-3)22(29-25(30)33)17-7-5-9-19(14-17)27-24(32)28-20-10-6-8-18(26)15-20/h5-10,14-15,22H,4,11-13H2,1-3H3,(H,29,33)(H2,27,28,32). The minimum Gasteiger partial charge on any atom is -0.460 e. The molecule has 0 aliphatic carbocycles. The third kappa shape index (κ3) is 6.74. The van der Waals surface area contributed by atoms with Crippen molar-refractivity contribution < 1.29 is 23.9 Å². The van der Waals surface area contributed by atoms with Gasteiger partial charge >= 0.3 is 18.0 Å². The summed E-state index contributed by atoms with van der Waals surface area (Å²) in [7, 11) is 1.52. The molecule has 1 atom stereocenters. The smallest absolute Gasteiger partial charge is 0.338 e. The van der Waals surface area contributed by atoms with Crippen molar-refractivity contribution in [1.82, 2.24) is 10.2 Å².